The van der Waals surface area contributed by atoms with Gasteiger partial charge in [-0.1, -0.05) is 61.9 Å². The molecule has 2 fully saturated rings. The smallest absolute Gasteiger partial charge is 0.408 e. The zero-order valence-electron chi connectivity index (χ0n) is 20.2. The van der Waals surface area contributed by atoms with Crippen molar-refractivity contribution in [2.75, 3.05) is 13.2 Å². The Bertz CT molecular complexity index is 1140. The summed E-state index contributed by atoms with van der Waals surface area (Å²) in [4.78, 5) is 37.8. The number of carbonyl (C=O) groups is 3. The van der Waals surface area contributed by atoms with Crippen LogP contribution in [0.4, 0.5) is 4.79 Å². The Hall–Kier alpha value is -3.35. The van der Waals surface area contributed by atoms with Gasteiger partial charge in [-0.3, -0.25) is 9.59 Å². The lowest BCUT2D eigenvalue weighted by molar-refractivity contribution is -0.146. The number of aliphatic carboxylic acids is 1. The summed E-state index contributed by atoms with van der Waals surface area (Å²) in [5.41, 5.74) is 2.29. The topological polar surface area (TPSA) is 105 Å². The van der Waals surface area contributed by atoms with Crippen molar-refractivity contribution < 1.29 is 24.2 Å². The van der Waals surface area contributed by atoms with Gasteiger partial charge < -0.3 is 20.5 Å². The maximum atomic E-state index is 13.1. The van der Waals surface area contributed by atoms with Crippen LogP contribution >= 0.6 is 0 Å². The van der Waals surface area contributed by atoms with Crippen molar-refractivity contribution in [2.24, 2.45) is 10.8 Å². The highest BCUT2D eigenvalue weighted by Gasteiger charge is 2.74. The predicted octanol–water partition coefficient (Wildman–Crippen LogP) is 4.46. The van der Waals surface area contributed by atoms with E-state index < -0.39 is 28.9 Å². The van der Waals surface area contributed by atoms with Crippen LogP contribution in [0.1, 0.15) is 63.0 Å². The molecule has 2 amide bonds. The van der Waals surface area contributed by atoms with E-state index in [1.165, 1.54) is 0 Å². The van der Waals surface area contributed by atoms with E-state index in [1.54, 1.807) is 13.8 Å². The zero-order chi connectivity index (χ0) is 24.8. The first-order valence-electron chi connectivity index (χ1n) is 12.4. The number of hydrogen-bond acceptors (Lipinski definition) is 4. The Kier molecular flexibility index (Phi) is 5.61. The number of carboxylic acids is 1. The predicted molar refractivity (Wildman–Crippen MR) is 131 cm³/mol. The molecular formula is C28H32N2O5. The summed E-state index contributed by atoms with van der Waals surface area (Å²) in [5, 5.41) is 15.3. The molecule has 2 unspecified atom stereocenters. The highest BCUT2D eigenvalue weighted by molar-refractivity contribution is 5.90. The molecule has 0 aliphatic heterocycles. The minimum absolute atomic E-state index is 0.0705. The summed E-state index contributed by atoms with van der Waals surface area (Å²) >= 11 is 0. The summed E-state index contributed by atoms with van der Waals surface area (Å²) in [5.74, 6) is -1.31. The van der Waals surface area contributed by atoms with Crippen LogP contribution in [-0.4, -0.2) is 41.8 Å². The molecule has 2 saturated carbocycles. The number of alkyl carbamates (subject to hydrolysis) is 1. The van der Waals surface area contributed by atoms with Crippen molar-refractivity contribution in [3.63, 3.8) is 0 Å². The average molecular weight is 477 g/mol. The number of carbonyl (C=O) groups excluding carboxylic acids is 2. The van der Waals surface area contributed by atoms with E-state index in [9.17, 15) is 19.5 Å². The molecule has 0 radical (unpaired) electrons. The van der Waals surface area contributed by atoms with E-state index in [2.05, 4.69) is 34.9 Å². The number of carboxylic acid groups (broad SMARTS) is 1. The molecule has 7 heteroatoms. The van der Waals surface area contributed by atoms with Crippen LogP contribution < -0.4 is 10.6 Å². The molecule has 2 aromatic rings. The van der Waals surface area contributed by atoms with Gasteiger partial charge in [-0.25, -0.2) is 4.79 Å². The number of rotatable bonds is 8. The Morgan fingerprint density at radius 3 is 2.14 bits per heavy atom. The molecule has 0 saturated heterocycles. The van der Waals surface area contributed by atoms with Crippen LogP contribution in [0.2, 0.25) is 0 Å². The molecule has 5 rings (SSSR count). The molecule has 2 atom stereocenters. The number of amides is 2. The van der Waals surface area contributed by atoms with Crippen LogP contribution in [0.3, 0.4) is 0 Å². The lowest BCUT2D eigenvalue weighted by Crippen LogP contribution is -2.58. The van der Waals surface area contributed by atoms with Crippen LogP contribution in [-0.2, 0) is 14.3 Å². The van der Waals surface area contributed by atoms with Gasteiger partial charge >= 0.3 is 12.1 Å². The molecule has 3 aliphatic rings. The van der Waals surface area contributed by atoms with E-state index in [1.807, 2.05) is 24.3 Å². The van der Waals surface area contributed by atoms with Gasteiger partial charge in [0.1, 0.15) is 12.1 Å². The van der Waals surface area contributed by atoms with E-state index in [-0.39, 0.29) is 24.5 Å². The molecule has 0 bridgehead atoms. The summed E-state index contributed by atoms with van der Waals surface area (Å²) in [7, 11) is 0. The largest absolute Gasteiger partial charge is 0.481 e. The lowest BCUT2D eigenvalue weighted by atomic mass is 9.75. The van der Waals surface area contributed by atoms with E-state index >= 15 is 0 Å². The molecule has 0 aromatic heterocycles. The van der Waals surface area contributed by atoms with Gasteiger partial charge in [0.05, 0.1) is 5.41 Å². The fraction of sp³-hybridized carbons (Fsp3) is 0.464. The van der Waals surface area contributed by atoms with Crippen molar-refractivity contribution in [3.8, 4) is 11.1 Å². The maximum absolute atomic E-state index is 13.1. The summed E-state index contributed by atoms with van der Waals surface area (Å²) in [6.07, 6.45) is 3.13. The van der Waals surface area contributed by atoms with Gasteiger partial charge in [-0.05, 0) is 60.3 Å². The first-order valence-corrected chi connectivity index (χ1v) is 12.4. The van der Waals surface area contributed by atoms with Crippen molar-refractivity contribution in [1.82, 2.24) is 10.6 Å². The van der Waals surface area contributed by atoms with Gasteiger partial charge in [-0.2, -0.15) is 0 Å². The van der Waals surface area contributed by atoms with Crippen molar-refractivity contribution >= 4 is 18.0 Å². The molecule has 184 valence electrons. The second-order valence-corrected chi connectivity index (χ2v) is 10.5. The van der Waals surface area contributed by atoms with Gasteiger partial charge in [0, 0.05) is 12.5 Å². The van der Waals surface area contributed by atoms with E-state index in [0.29, 0.717) is 12.8 Å². The number of fused-ring (bicyclic) bond motifs is 3. The van der Waals surface area contributed by atoms with Crippen LogP contribution in [0.25, 0.3) is 11.1 Å². The summed E-state index contributed by atoms with van der Waals surface area (Å²) < 4.78 is 5.62. The minimum Gasteiger partial charge on any atom is -0.481 e. The third kappa shape index (κ3) is 3.68. The molecule has 3 aliphatic carbocycles. The quantitative estimate of drug-likeness (QED) is 0.522. The normalized spacial score (nSPS) is 22.8. The van der Waals surface area contributed by atoms with Gasteiger partial charge in [0.15, 0.2) is 0 Å². The molecule has 7 nitrogen and oxygen atoms in total. The molecule has 35 heavy (non-hydrogen) atoms. The number of nitrogens with one attached hydrogen (secondary N) is 2. The second kappa shape index (κ2) is 8.40. The first kappa shape index (κ1) is 23.4. The fourth-order valence-electron chi connectivity index (χ4n) is 6.01. The summed E-state index contributed by atoms with van der Waals surface area (Å²) in [6, 6.07) is 16.2. The van der Waals surface area contributed by atoms with E-state index in [4.69, 9.17) is 4.74 Å². The van der Waals surface area contributed by atoms with Crippen LogP contribution in [0, 0.1) is 10.8 Å². The monoisotopic (exact) mass is 476 g/mol. The van der Waals surface area contributed by atoms with Gasteiger partial charge in [0.25, 0.3) is 0 Å². The Balaban J connectivity index is 1.21. The number of ether oxygens (including phenoxy) is 1. The van der Waals surface area contributed by atoms with Crippen molar-refractivity contribution in [2.45, 2.75) is 57.4 Å². The van der Waals surface area contributed by atoms with Gasteiger partial charge in [0.2, 0.25) is 5.91 Å². The van der Waals surface area contributed by atoms with Crippen LogP contribution in [0.15, 0.2) is 48.5 Å². The highest BCUT2D eigenvalue weighted by Crippen LogP contribution is 2.73. The summed E-state index contributed by atoms with van der Waals surface area (Å²) in [6.45, 7) is 3.69. The standard InChI is InChI=1S/C28H32N2O5/c1-3-26(2,23(31)29-17-28(24(32)33)16-27(28)13-8-14-27)30-25(34)35-15-22-20-11-6-4-9-18(20)19-10-5-7-12-21(19)22/h4-7,9-12,22H,3,8,13-17H2,1-2H3,(H,29,31)(H,30,34)(H,32,33). The number of hydrogen-bond donors (Lipinski definition) is 3. The lowest BCUT2D eigenvalue weighted by Gasteiger charge is -2.32. The van der Waals surface area contributed by atoms with Crippen molar-refractivity contribution in [3.05, 3.63) is 59.7 Å². The van der Waals surface area contributed by atoms with Crippen LogP contribution in [0.5, 0.6) is 0 Å². The number of benzene rings is 2. The third-order valence-corrected chi connectivity index (χ3v) is 8.73. The Morgan fingerprint density at radius 2 is 1.66 bits per heavy atom. The second-order valence-electron chi connectivity index (χ2n) is 10.5. The molecule has 1 spiro atoms. The molecule has 2 aromatic carbocycles. The highest BCUT2D eigenvalue weighted by atomic mass is 16.5. The maximum Gasteiger partial charge on any atom is 0.408 e. The first-order chi connectivity index (χ1) is 16.8. The zero-order valence-corrected chi connectivity index (χ0v) is 20.2. The molecule has 0 heterocycles. The van der Waals surface area contributed by atoms with E-state index in [0.717, 1.165) is 41.5 Å². The Morgan fingerprint density at radius 1 is 1.06 bits per heavy atom. The Labute approximate surface area is 205 Å². The van der Waals surface area contributed by atoms with Crippen molar-refractivity contribution in [1.29, 1.82) is 0 Å². The van der Waals surface area contributed by atoms with Gasteiger partial charge in [-0.15, -0.1) is 0 Å². The fourth-order valence-corrected chi connectivity index (χ4v) is 6.01. The average Bonchev–Trinajstić information content (AvgIpc) is 3.46. The molecule has 3 N–H and O–H groups in total. The minimum atomic E-state index is -1.20. The third-order valence-electron chi connectivity index (χ3n) is 8.73. The molecular weight excluding hydrogens is 444 g/mol. The SMILES string of the molecule is CCC(C)(NC(=O)OCC1c2ccccc2-c2ccccc21)C(=O)NCC1(C(=O)O)CC12CCC2.